The van der Waals surface area contributed by atoms with Gasteiger partial charge in [-0.25, -0.2) is 4.98 Å². The molecule has 0 aliphatic rings. The molecule has 0 saturated heterocycles. The van der Waals surface area contributed by atoms with Crippen molar-refractivity contribution in [1.82, 2.24) is 4.98 Å². The number of thiazole rings is 1. The van der Waals surface area contributed by atoms with Crippen molar-refractivity contribution in [3.63, 3.8) is 0 Å². The standard InChI is InChI=1S/C10H9NOS2/c1-7-11-6-10(14-7)9(12)5-8-3-2-4-13-8/h2-4,6H,5H2,1H3. The second kappa shape index (κ2) is 4.02. The summed E-state index contributed by atoms with van der Waals surface area (Å²) in [6, 6.07) is 3.95. The maximum atomic E-state index is 11.7. The minimum absolute atomic E-state index is 0.165. The Morgan fingerprint density at radius 2 is 2.43 bits per heavy atom. The van der Waals surface area contributed by atoms with E-state index in [1.165, 1.54) is 11.3 Å². The van der Waals surface area contributed by atoms with Crippen LogP contribution in [-0.4, -0.2) is 10.8 Å². The molecule has 2 heterocycles. The third kappa shape index (κ3) is 2.08. The number of carbonyl (C=O) groups is 1. The van der Waals surface area contributed by atoms with Crippen LogP contribution in [0.2, 0.25) is 0 Å². The molecule has 0 aromatic carbocycles. The number of nitrogens with zero attached hydrogens (tertiary/aromatic N) is 1. The molecule has 0 spiro atoms. The van der Waals surface area contributed by atoms with E-state index in [0.29, 0.717) is 6.42 Å². The van der Waals surface area contributed by atoms with Crippen molar-refractivity contribution in [2.24, 2.45) is 0 Å². The van der Waals surface area contributed by atoms with Gasteiger partial charge in [0, 0.05) is 17.5 Å². The predicted molar refractivity (Wildman–Crippen MR) is 59.2 cm³/mol. The molecular formula is C10H9NOS2. The van der Waals surface area contributed by atoms with E-state index in [2.05, 4.69) is 4.98 Å². The van der Waals surface area contributed by atoms with Crippen molar-refractivity contribution >= 4 is 28.5 Å². The zero-order valence-electron chi connectivity index (χ0n) is 7.69. The fourth-order valence-corrected chi connectivity index (χ4v) is 2.57. The summed E-state index contributed by atoms with van der Waals surface area (Å²) in [4.78, 5) is 17.6. The van der Waals surface area contributed by atoms with Crippen LogP contribution in [0.5, 0.6) is 0 Å². The topological polar surface area (TPSA) is 30.0 Å². The normalized spacial score (nSPS) is 10.4. The van der Waals surface area contributed by atoms with Gasteiger partial charge < -0.3 is 0 Å². The minimum Gasteiger partial charge on any atom is -0.293 e. The van der Waals surface area contributed by atoms with Crippen molar-refractivity contribution in [2.75, 3.05) is 0 Å². The second-order valence-electron chi connectivity index (χ2n) is 2.92. The lowest BCUT2D eigenvalue weighted by Gasteiger charge is -1.92. The molecule has 2 nitrogen and oxygen atoms in total. The lowest BCUT2D eigenvalue weighted by Crippen LogP contribution is -1.98. The average molecular weight is 223 g/mol. The molecule has 0 amide bonds. The van der Waals surface area contributed by atoms with Gasteiger partial charge in [-0.05, 0) is 18.4 Å². The molecule has 14 heavy (non-hydrogen) atoms. The quantitative estimate of drug-likeness (QED) is 0.749. The molecule has 2 rings (SSSR count). The molecule has 2 aromatic heterocycles. The summed E-state index contributed by atoms with van der Waals surface area (Å²) in [6.07, 6.45) is 2.16. The maximum absolute atomic E-state index is 11.7. The van der Waals surface area contributed by atoms with Gasteiger partial charge in [-0.3, -0.25) is 4.79 Å². The van der Waals surface area contributed by atoms with Gasteiger partial charge in [-0.15, -0.1) is 22.7 Å². The van der Waals surface area contributed by atoms with Crippen LogP contribution in [0.3, 0.4) is 0 Å². The van der Waals surface area contributed by atoms with E-state index in [1.807, 2.05) is 24.4 Å². The summed E-state index contributed by atoms with van der Waals surface area (Å²) in [5, 5.41) is 2.93. The lowest BCUT2D eigenvalue weighted by atomic mass is 10.2. The van der Waals surface area contributed by atoms with E-state index >= 15 is 0 Å². The molecule has 0 fully saturated rings. The molecule has 0 radical (unpaired) electrons. The van der Waals surface area contributed by atoms with Crippen molar-refractivity contribution in [2.45, 2.75) is 13.3 Å². The van der Waals surface area contributed by atoms with E-state index < -0.39 is 0 Å². The van der Waals surface area contributed by atoms with Crippen LogP contribution in [0, 0.1) is 6.92 Å². The Balaban J connectivity index is 2.10. The van der Waals surface area contributed by atoms with E-state index in [1.54, 1.807) is 17.5 Å². The van der Waals surface area contributed by atoms with Gasteiger partial charge in [0.25, 0.3) is 0 Å². The number of carbonyl (C=O) groups excluding carboxylic acids is 1. The first kappa shape index (κ1) is 9.55. The molecule has 0 unspecified atom stereocenters. The first-order chi connectivity index (χ1) is 6.75. The van der Waals surface area contributed by atoms with Gasteiger partial charge >= 0.3 is 0 Å². The van der Waals surface area contributed by atoms with E-state index in [9.17, 15) is 4.79 Å². The lowest BCUT2D eigenvalue weighted by molar-refractivity contribution is 0.0997. The fraction of sp³-hybridized carbons (Fsp3) is 0.200. The van der Waals surface area contributed by atoms with Crippen LogP contribution < -0.4 is 0 Å². The van der Waals surface area contributed by atoms with Gasteiger partial charge in [-0.2, -0.15) is 0 Å². The van der Waals surface area contributed by atoms with Gasteiger partial charge in [0.05, 0.1) is 9.88 Å². The summed E-state index contributed by atoms with van der Waals surface area (Å²) < 4.78 is 0. The largest absolute Gasteiger partial charge is 0.293 e. The second-order valence-corrected chi connectivity index (χ2v) is 5.19. The van der Waals surface area contributed by atoms with Gasteiger partial charge in [0.15, 0.2) is 5.78 Å². The third-order valence-electron chi connectivity index (χ3n) is 1.81. The van der Waals surface area contributed by atoms with Crippen LogP contribution in [-0.2, 0) is 6.42 Å². The minimum atomic E-state index is 0.165. The molecular weight excluding hydrogens is 214 g/mol. The molecule has 0 aliphatic heterocycles. The summed E-state index contributed by atoms with van der Waals surface area (Å²) in [7, 11) is 0. The molecule has 0 saturated carbocycles. The summed E-state index contributed by atoms with van der Waals surface area (Å²) in [5.41, 5.74) is 0. The monoisotopic (exact) mass is 223 g/mol. The highest BCUT2D eigenvalue weighted by Gasteiger charge is 2.10. The number of thiophene rings is 1. The Bertz CT molecular complexity index is 431. The molecule has 0 atom stereocenters. The van der Waals surface area contributed by atoms with E-state index in [0.717, 1.165) is 14.8 Å². The number of hydrogen-bond donors (Lipinski definition) is 0. The molecule has 72 valence electrons. The third-order valence-corrected chi connectivity index (χ3v) is 3.64. The number of hydrogen-bond acceptors (Lipinski definition) is 4. The smallest absolute Gasteiger partial charge is 0.179 e. The van der Waals surface area contributed by atoms with Crippen LogP contribution in [0.25, 0.3) is 0 Å². The van der Waals surface area contributed by atoms with Crippen molar-refractivity contribution < 1.29 is 4.79 Å². The number of ketones is 1. The highest BCUT2D eigenvalue weighted by molar-refractivity contribution is 7.13. The van der Waals surface area contributed by atoms with E-state index in [4.69, 9.17) is 0 Å². The fourth-order valence-electron chi connectivity index (χ4n) is 1.15. The molecule has 2 aromatic rings. The Hall–Kier alpha value is -1.00. The van der Waals surface area contributed by atoms with Gasteiger partial charge in [-0.1, -0.05) is 6.07 Å². The van der Waals surface area contributed by atoms with Crippen molar-refractivity contribution in [3.8, 4) is 0 Å². The summed E-state index contributed by atoms with van der Waals surface area (Å²) >= 11 is 3.08. The zero-order valence-corrected chi connectivity index (χ0v) is 9.32. The molecule has 0 N–H and O–H groups in total. The Kier molecular flexibility index (Phi) is 2.74. The highest BCUT2D eigenvalue weighted by Crippen LogP contribution is 2.16. The van der Waals surface area contributed by atoms with E-state index in [-0.39, 0.29) is 5.78 Å². The first-order valence-corrected chi connectivity index (χ1v) is 5.93. The van der Waals surface area contributed by atoms with Gasteiger partial charge in [0.2, 0.25) is 0 Å². The molecule has 4 heteroatoms. The molecule has 0 bridgehead atoms. The van der Waals surface area contributed by atoms with Crippen LogP contribution in [0.4, 0.5) is 0 Å². The number of aromatic nitrogens is 1. The first-order valence-electron chi connectivity index (χ1n) is 4.24. The average Bonchev–Trinajstić information content (AvgIpc) is 2.75. The molecule has 0 aliphatic carbocycles. The predicted octanol–water partition coefficient (Wildman–Crippen LogP) is 2.94. The number of rotatable bonds is 3. The Morgan fingerprint density at radius 1 is 1.57 bits per heavy atom. The summed E-state index contributed by atoms with van der Waals surface area (Å²) in [5.74, 6) is 0.165. The van der Waals surface area contributed by atoms with Crippen LogP contribution >= 0.6 is 22.7 Å². The van der Waals surface area contributed by atoms with Crippen molar-refractivity contribution in [3.05, 3.63) is 38.5 Å². The van der Waals surface area contributed by atoms with Crippen molar-refractivity contribution in [1.29, 1.82) is 0 Å². The zero-order chi connectivity index (χ0) is 9.97. The highest BCUT2D eigenvalue weighted by atomic mass is 32.1. The maximum Gasteiger partial charge on any atom is 0.179 e. The van der Waals surface area contributed by atoms with Crippen LogP contribution in [0.15, 0.2) is 23.7 Å². The summed E-state index contributed by atoms with van der Waals surface area (Å²) in [6.45, 7) is 1.91. The number of aryl methyl sites for hydroxylation is 1. The van der Waals surface area contributed by atoms with Crippen LogP contribution in [0.1, 0.15) is 19.6 Å². The van der Waals surface area contributed by atoms with Gasteiger partial charge in [0.1, 0.15) is 0 Å². The number of Topliss-reactive ketones (excluding diaryl/α,β-unsaturated/α-hetero) is 1. The SMILES string of the molecule is Cc1ncc(C(=O)Cc2cccs2)s1. The Labute approximate surface area is 90.2 Å². The Morgan fingerprint density at radius 3 is 3.00 bits per heavy atom.